The number of anilines is 3. The van der Waals surface area contributed by atoms with E-state index >= 15 is 0 Å². The molecule has 2 nitrogen and oxygen atoms in total. The zero-order valence-corrected chi connectivity index (χ0v) is 12.3. The average Bonchev–Trinajstić information content (AvgIpc) is 2.36. The number of para-hydroxylation sites is 1. The van der Waals surface area contributed by atoms with E-state index < -0.39 is 11.7 Å². The highest BCUT2D eigenvalue weighted by Crippen LogP contribution is 2.36. The Labute approximate surface area is 126 Å². The summed E-state index contributed by atoms with van der Waals surface area (Å²) in [6, 6.07) is 8.21. The number of hydrogen-bond donors (Lipinski definition) is 2. The molecule has 0 aliphatic carbocycles. The lowest BCUT2D eigenvalue weighted by Crippen LogP contribution is -2.06. The quantitative estimate of drug-likeness (QED) is 0.695. The molecule has 0 radical (unpaired) electrons. The van der Waals surface area contributed by atoms with Crippen LogP contribution < -0.4 is 11.1 Å². The fourth-order valence-corrected chi connectivity index (χ4v) is 2.11. The standard InChI is InChI=1S/C13H9BrClF3N2/c14-8-5-4-7(13(16,17)18)6-11(8)20-10-3-1-2-9(15)12(10)19/h1-6,20H,19H2. The largest absolute Gasteiger partial charge is 0.416 e. The van der Waals surface area contributed by atoms with Gasteiger partial charge in [-0.05, 0) is 46.3 Å². The predicted molar refractivity (Wildman–Crippen MR) is 78.3 cm³/mol. The predicted octanol–water partition coefficient (Wildman–Crippen LogP) is 5.45. The number of nitrogens with one attached hydrogen (secondary N) is 1. The molecule has 106 valence electrons. The highest BCUT2D eigenvalue weighted by molar-refractivity contribution is 9.10. The second kappa shape index (κ2) is 5.54. The van der Waals surface area contributed by atoms with Gasteiger partial charge >= 0.3 is 6.18 Å². The molecule has 2 aromatic rings. The Bertz CT molecular complexity index is 644. The molecular formula is C13H9BrClF3N2. The minimum Gasteiger partial charge on any atom is -0.396 e. The van der Waals surface area contributed by atoms with E-state index in [-0.39, 0.29) is 11.4 Å². The third-order valence-corrected chi connectivity index (χ3v) is 3.64. The second-order valence-electron chi connectivity index (χ2n) is 4.02. The van der Waals surface area contributed by atoms with E-state index in [1.807, 2.05) is 0 Å². The van der Waals surface area contributed by atoms with Gasteiger partial charge in [-0.15, -0.1) is 0 Å². The average molecular weight is 366 g/mol. The van der Waals surface area contributed by atoms with Crippen molar-refractivity contribution in [3.05, 3.63) is 51.5 Å². The highest BCUT2D eigenvalue weighted by atomic mass is 79.9. The summed E-state index contributed by atoms with van der Waals surface area (Å²) in [5.41, 5.74) is 6.00. The normalized spacial score (nSPS) is 11.4. The van der Waals surface area contributed by atoms with Crippen molar-refractivity contribution in [3.63, 3.8) is 0 Å². The van der Waals surface area contributed by atoms with E-state index in [2.05, 4.69) is 21.2 Å². The Kier molecular flexibility index (Phi) is 4.15. The van der Waals surface area contributed by atoms with Crippen LogP contribution in [0.15, 0.2) is 40.9 Å². The van der Waals surface area contributed by atoms with Crippen LogP contribution in [-0.4, -0.2) is 0 Å². The van der Waals surface area contributed by atoms with E-state index in [0.717, 1.165) is 12.1 Å². The molecule has 2 aromatic carbocycles. The van der Waals surface area contributed by atoms with Gasteiger partial charge in [0, 0.05) is 4.47 Å². The lowest BCUT2D eigenvalue weighted by Gasteiger charge is -2.14. The number of nitrogen functional groups attached to an aromatic ring is 1. The summed E-state index contributed by atoms with van der Waals surface area (Å²) < 4.78 is 38.6. The molecule has 0 aliphatic heterocycles. The first-order valence-electron chi connectivity index (χ1n) is 5.47. The van der Waals surface area contributed by atoms with E-state index in [1.54, 1.807) is 18.2 Å². The maximum absolute atomic E-state index is 12.7. The number of alkyl halides is 3. The summed E-state index contributed by atoms with van der Waals surface area (Å²) in [7, 11) is 0. The fraction of sp³-hybridized carbons (Fsp3) is 0.0769. The third kappa shape index (κ3) is 3.19. The lowest BCUT2D eigenvalue weighted by molar-refractivity contribution is -0.137. The smallest absolute Gasteiger partial charge is 0.396 e. The van der Waals surface area contributed by atoms with Crippen LogP contribution in [0.1, 0.15) is 5.56 Å². The van der Waals surface area contributed by atoms with Crippen LogP contribution in [0.2, 0.25) is 5.02 Å². The molecule has 0 amide bonds. The second-order valence-corrected chi connectivity index (χ2v) is 5.28. The van der Waals surface area contributed by atoms with Gasteiger partial charge in [0.1, 0.15) is 0 Å². The third-order valence-electron chi connectivity index (χ3n) is 2.62. The van der Waals surface area contributed by atoms with Gasteiger partial charge < -0.3 is 11.1 Å². The molecular weight excluding hydrogens is 357 g/mol. The van der Waals surface area contributed by atoms with Gasteiger partial charge in [-0.1, -0.05) is 17.7 Å². The molecule has 0 saturated carbocycles. The highest BCUT2D eigenvalue weighted by Gasteiger charge is 2.30. The Hall–Kier alpha value is -1.40. The van der Waals surface area contributed by atoms with Gasteiger partial charge in [-0.2, -0.15) is 13.2 Å². The molecule has 7 heteroatoms. The van der Waals surface area contributed by atoms with Crippen molar-refractivity contribution in [2.45, 2.75) is 6.18 Å². The van der Waals surface area contributed by atoms with E-state index in [0.29, 0.717) is 15.2 Å². The molecule has 2 rings (SSSR count). The maximum Gasteiger partial charge on any atom is 0.416 e. The summed E-state index contributed by atoms with van der Waals surface area (Å²) in [4.78, 5) is 0. The Morgan fingerprint density at radius 2 is 1.80 bits per heavy atom. The van der Waals surface area contributed by atoms with E-state index in [9.17, 15) is 13.2 Å². The Morgan fingerprint density at radius 3 is 2.45 bits per heavy atom. The van der Waals surface area contributed by atoms with Gasteiger partial charge in [0.15, 0.2) is 0 Å². The van der Waals surface area contributed by atoms with Gasteiger partial charge in [0.25, 0.3) is 0 Å². The number of halogens is 5. The molecule has 0 saturated heterocycles. The Balaban J connectivity index is 2.41. The van der Waals surface area contributed by atoms with Crippen molar-refractivity contribution in [3.8, 4) is 0 Å². The molecule has 0 unspecified atom stereocenters. The van der Waals surface area contributed by atoms with Gasteiger partial charge in [0.05, 0.1) is 27.6 Å². The number of nitrogens with two attached hydrogens (primary N) is 1. The molecule has 0 heterocycles. The van der Waals surface area contributed by atoms with Crippen LogP contribution in [0.4, 0.5) is 30.2 Å². The fourth-order valence-electron chi connectivity index (χ4n) is 1.59. The van der Waals surface area contributed by atoms with Gasteiger partial charge in [0.2, 0.25) is 0 Å². The van der Waals surface area contributed by atoms with Crippen LogP contribution in [0.5, 0.6) is 0 Å². The Morgan fingerprint density at radius 1 is 1.10 bits per heavy atom. The van der Waals surface area contributed by atoms with E-state index in [4.69, 9.17) is 17.3 Å². The first-order chi connectivity index (χ1) is 9.29. The molecule has 0 fully saturated rings. The van der Waals surface area contributed by atoms with Crippen molar-refractivity contribution >= 4 is 44.6 Å². The zero-order valence-electron chi connectivity index (χ0n) is 9.93. The van der Waals surface area contributed by atoms with Crippen LogP contribution in [0.3, 0.4) is 0 Å². The molecule has 0 bridgehead atoms. The molecule has 0 aromatic heterocycles. The van der Waals surface area contributed by atoms with Gasteiger partial charge in [-0.25, -0.2) is 0 Å². The topological polar surface area (TPSA) is 38.0 Å². The lowest BCUT2D eigenvalue weighted by atomic mass is 10.2. The minimum absolute atomic E-state index is 0.258. The SMILES string of the molecule is Nc1c(Cl)cccc1Nc1cc(C(F)(F)F)ccc1Br. The number of rotatable bonds is 2. The summed E-state index contributed by atoms with van der Waals surface area (Å²) in [5.74, 6) is 0. The van der Waals surface area contributed by atoms with Crippen LogP contribution >= 0.6 is 27.5 Å². The first kappa shape index (κ1) is 15.0. The number of hydrogen-bond acceptors (Lipinski definition) is 2. The van der Waals surface area contributed by atoms with Crippen molar-refractivity contribution in [2.24, 2.45) is 0 Å². The molecule has 3 N–H and O–H groups in total. The van der Waals surface area contributed by atoms with Crippen molar-refractivity contribution in [2.75, 3.05) is 11.1 Å². The molecule has 0 atom stereocenters. The summed E-state index contributed by atoms with van der Waals surface area (Å²) in [6.45, 7) is 0. The monoisotopic (exact) mass is 364 g/mol. The molecule has 20 heavy (non-hydrogen) atoms. The summed E-state index contributed by atoms with van der Waals surface area (Å²) >= 11 is 9.06. The van der Waals surface area contributed by atoms with Crippen LogP contribution in [0.25, 0.3) is 0 Å². The van der Waals surface area contributed by atoms with Crippen molar-refractivity contribution in [1.29, 1.82) is 0 Å². The first-order valence-corrected chi connectivity index (χ1v) is 6.64. The summed E-state index contributed by atoms with van der Waals surface area (Å²) in [5, 5.41) is 3.17. The van der Waals surface area contributed by atoms with Crippen LogP contribution in [-0.2, 0) is 6.18 Å². The minimum atomic E-state index is -4.41. The van der Waals surface area contributed by atoms with E-state index in [1.165, 1.54) is 6.07 Å². The van der Waals surface area contributed by atoms with Crippen molar-refractivity contribution < 1.29 is 13.2 Å². The maximum atomic E-state index is 12.7. The molecule has 0 spiro atoms. The van der Waals surface area contributed by atoms with Crippen molar-refractivity contribution in [1.82, 2.24) is 0 Å². The molecule has 0 aliphatic rings. The zero-order chi connectivity index (χ0) is 14.9. The van der Waals surface area contributed by atoms with Crippen LogP contribution in [0, 0.1) is 0 Å². The number of benzene rings is 2. The van der Waals surface area contributed by atoms with Gasteiger partial charge in [-0.3, -0.25) is 0 Å². The summed E-state index contributed by atoms with van der Waals surface area (Å²) in [6.07, 6.45) is -4.41.